The minimum atomic E-state index is -2.86. The van der Waals surface area contributed by atoms with Crippen LogP contribution < -0.4 is 9.47 Å². The fraction of sp³-hybridized carbons (Fsp3) is 0.435. The maximum atomic E-state index is 12.6. The fourth-order valence-electron chi connectivity index (χ4n) is 4.33. The molecule has 0 radical (unpaired) electrons. The lowest BCUT2D eigenvalue weighted by molar-refractivity contribution is -0.0514. The van der Waals surface area contributed by atoms with Crippen LogP contribution in [0.5, 0.6) is 11.5 Å². The summed E-state index contributed by atoms with van der Waals surface area (Å²) >= 11 is 0. The zero-order chi connectivity index (χ0) is 21.1. The van der Waals surface area contributed by atoms with Gasteiger partial charge in [0.2, 0.25) is 0 Å². The van der Waals surface area contributed by atoms with Crippen LogP contribution in [0.15, 0.2) is 42.5 Å². The maximum absolute atomic E-state index is 12.6. The van der Waals surface area contributed by atoms with Crippen molar-refractivity contribution in [3.05, 3.63) is 53.9 Å². The third kappa shape index (κ3) is 4.41. The van der Waals surface area contributed by atoms with Gasteiger partial charge in [0.15, 0.2) is 11.5 Å². The Morgan fingerprint density at radius 2 is 1.87 bits per heavy atom. The van der Waals surface area contributed by atoms with Crippen LogP contribution in [0.25, 0.3) is 11.0 Å². The molecule has 1 saturated heterocycles. The number of aromatic nitrogens is 2. The molecular weight excluding hydrogens is 388 g/mol. The van der Waals surface area contributed by atoms with Crippen molar-refractivity contribution in [1.82, 2.24) is 14.5 Å². The zero-order valence-corrected chi connectivity index (χ0v) is 17.4. The van der Waals surface area contributed by atoms with Crippen molar-refractivity contribution in [2.75, 3.05) is 19.7 Å². The van der Waals surface area contributed by atoms with E-state index >= 15 is 0 Å². The smallest absolute Gasteiger partial charge is 0.387 e. The van der Waals surface area contributed by atoms with Gasteiger partial charge in [-0.2, -0.15) is 8.78 Å². The molecule has 0 saturated carbocycles. The van der Waals surface area contributed by atoms with E-state index in [1.54, 1.807) is 12.1 Å². The van der Waals surface area contributed by atoms with Gasteiger partial charge in [0, 0.05) is 25.7 Å². The third-order valence-electron chi connectivity index (χ3n) is 5.62. The predicted octanol–water partition coefficient (Wildman–Crippen LogP) is 5.18. The van der Waals surface area contributed by atoms with Gasteiger partial charge in [-0.15, -0.1) is 0 Å². The van der Waals surface area contributed by atoms with Crippen LogP contribution in [0.3, 0.4) is 0 Å². The average Bonchev–Trinajstić information content (AvgIpc) is 3.06. The molecule has 1 aliphatic heterocycles. The lowest BCUT2D eigenvalue weighted by Gasteiger charge is -2.33. The summed E-state index contributed by atoms with van der Waals surface area (Å²) in [5.41, 5.74) is 3.28. The molecule has 0 aliphatic carbocycles. The van der Waals surface area contributed by atoms with E-state index in [4.69, 9.17) is 9.72 Å². The van der Waals surface area contributed by atoms with Gasteiger partial charge >= 0.3 is 6.61 Å². The highest BCUT2D eigenvalue weighted by molar-refractivity contribution is 5.76. The molecule has 2 aromatic carbocycles. The molecule has 1 aliphatic rings. The fourth-order valence-corrected chi connectivity index (χ4v) is 4.33. The van der Waals surface area contributed by atoms with E-state index in [9.17, 15) is 8.78 Å². The van der Waals surface area contributed by atoms with E-state index in [0.717, 1.165) is 49.4 Å². The van der Waals surface area contributed by atoms with Crippen LogP contribution in [0.1, 0.15) is 37.2 Å². The van der Waals surface area contributed by atoms with Crippen molar-refractivity contribution in [3.8, 4) is 11.5 Å². The maximum Gasteiger partial charge on any atom is 0.387 e. The second-order valence-corrected chi connectivity index (χ2v) is 7.62. The molecule has 2 heterocycles. The molecule has 30 heavy (non-hydrogen) atoms. The zero-order valence-electron chi connectivity index (χ0n) is 17.4. The molecule has 1 fully saturated rings. The molecule has 160 valence electrons. The van der Waals surface area contributed by atoms with Gasteiger partial charge in [0.05, 0.1) is 17.6 Å². The lowest BCUT2D eigenvalue weighted by atomic mass is 10.0. The Morgan fingerprint density at radius 3 is 2.60 bits per heavy atom. The van der Waals surface area contributed by atoms with Gasteiger partial charge in [-0.25, -0.2) is 4.98 Å². The van der Waals surface area contributed by atoms with Crippen LogP contribution in [-0.4, -0.2) is 40.8 Å². The normalized spacial score (nSPS) is 15.8. The quantitative estimate of drug-likeness (QED) is 0.533. The van der Waals surface area contributed by atoms with Crippen LogP contribution >= 0.6 is 0 Å². The predicted molar refractivity (Wildman–Crippen MR) is 112 cm³/mol. The molecule has 0 N–H and O–H groups in total. The number of para-hydroxylation sites is 2. The molecule has 1 aromatic heterocycles. The summed E-state index contributed by atoms with van der Waals surface area (Å²) in [7, 11) is 0. The standard InChI is InChI=1S/C23H27F2N3O2/c1-3-29-22-14-17(8-9-21(22)30-23(24)25)15-27-12-10-18(11-13-27)28-16(2)26-19-6-4-5-7-20(19)28/h4-9,14,18,23H,3,10-13,15H2,1-2H3. The molecule has 5 nitrogen and oxygen atoms in total. The number of halogens is 2. The summed E-state index contributed by atoms with van der Waals surface area (Å²) in [5, 5.41) is 0. The molecule has 0 atom stereocenters. The number of likely N-dealkylation sites (tertiary alicyclic amines) is 1. The number of benzene rings is 2. The Balaban J connectivity index is 1.42. The Bertz CT molecular complexity index is 997. The van der Waals surface area contributed by atoms with Crippen LogP contribution in [0.2, 0.25) is 0 Å². The van der Waals surface area contributed by atoms with Crippen molar-refractivity contribution >= 4 is 11.0 Å². The molecule has 4 rings (SSSR count). The highest BCUT2D eigenvalue weighted by atomic mass is 19.3. The average molecular weight is 415 g/mol. The second kappa shape index (κ2) is 9.00. The topological polar surface area (TPSA) is 39.5 Å². The van der Waals surface area contributed by atoms with E-state index in [1.807, 2.05) is 19.1 Å². The van der Waals surface area contributed by atoms with E-state index in [2.05, 4.69) is 39.3 Å². The summed E-state index contributed by atoms with van der Waals surface area (Å²) in [6, 6.07) is 13.9. The lowest BCUT2D eigenvalue weighted by Crippen LogP contribution is -2.34. The first-order valence-electron chi connectivity index (χ1n) is 10.4. The Hall–Kier alpha value is -2.67. The molecule has 0 unspecified atom stereocenters. The highest BCUT2D eigenvalue weighted by Crippen LogP contribution is 2.32. The van der Waals surface area contributed by atoms with Gasteiger partial charge in [-0.1, -0.05) is 18.2 Å². The Kier molecular flexibility index (Phi) is 6.18. The van der Waals surface area contributed by atoms with E-state index in [0.29, 0.717) is 18.4 Å². The molecule has 0 spiro atoms. The van der Waals surface area contributed by atoms with Gasteiger partial charge in [-0.05, 0) is 56.5 Å². The number of rotatable bonds is 7. The number of nitrogens with zero attached hydrogens (tertiary/aromatic N) is 3. The van der Waals surface area contributed by atoms with Crippen LogP contribution in [-0.2, 0) is 6.54 Å². The summed E-state index contributed by atoms with van der Waals surface area (Å²) in [6.45, 7) is 4.12. The minimum absolute atomic E-state index is 0.0803. The largest absolute Gasteiger partial charge is 0.490 e. The van der Waals surface area contributed by atoms with Crippen molar-refractivity contribution in [2.45, 2.75) is 45.9 Å². The second-order valence-electron chi connectivity index (χ2n) is 7.62. The van der Waals surface area contributed by atoms with Gasteiger partial charge in [0.1, 0.15) is 5.82 Å². The summed E-state index contributed by atoms with van der Waals surface area (Å²) in [6.07, 6.45) is 2.10. The number of fused-ring (bicyclic) bond motifs is 1. The van der Waals surface area contributed by atoms with Crippen molar-refractivity contribution in [2.24, 2.45) is 0 Å². The number of aryl methyl sites for hydroxylation is 1. The van der Waals surface area contributed by atoms with E-state index in [-0.39, 0.29) is 5.75 Å². The monoisotopic (exact) mass is 415 g/mol. The van der Waals surface area contributed by atoms with Gasteiger partial charge in [0.25, 0.3) is 0 Å². The summed E-state index contributed by atoms with van der Waals surface area (Å²) in [4.78, 5) is 7.09. The van der Waals surface area contributed by atoms with Crippen molar-refractivity contribution in [1.29, 1.82) is 0 Å². The SMILES string of the molecule is CCOc1cc(CN2CCC(n3c(C)nc4ccccc43)CC2)ccc1OC(F)F. The molecule has 7 heteroatoms. The third-order valence-corrected chi connectivity index (χ3v) is 5.62. The molecule has 0 amide bonds. The first-order valence-corrected chi connectivity index (χ1v) is 10.4. The van der Waals surface area contributed by atoms with Crippen molar-refractivity contribution < 1.29 is 18.3 Å². The van der Waals surface area contributed by atoms with Crippen LogP contribution in [0.4, 0.5) is 8.78 Å². The summed E-state index contributed by atoms with van der Waals surface area (Å²) in [5.74, 6) is 1.51. The molecule has 3 aromatic rings. The van der Waals surface area contributed by atoms with Crippen molar-refractivity contribution in [3.63, 3.8) is 0 Å². The van der Waals surface area contributed by atoms with E-state index < -0.39 is 6.61 Å². The van der Waals surface area contributed by atoms with E-state index in [1.165, 1.54) is 5.52 Å². The van der Waals surface area contributed by atoms with Crippen LogP contribution in [0, 0.1) is 6.92 Å². The minimum Gasteiger partial charge on any atom is -0.490 e. The number of hydrogen-bond donors (Lipinski definition) is 0. The van der Waals surface area contributed by atoms with Gasteiger partial charge < -0.3 is 14.0 Å². The number of ether oxygens (including phenoxy) is 2. The summed E-state index contributed by atoms with van der Waals surface area (Å²) < 4.78 is 37.6. The first-order chi connectivity index (χ1) is 14.5. The number of piperidine rings is 1. The highest BCUT2D eigenvalue weighted by Gasteiger charge is 2.23. The first kappa shape index (κ1) is 20.6. The number of hydrogen-bond acceptors (Lipinski definition) is 4. The molecule has 0 bridgehead atoms. The Labute approximate surface area is 175 Å². The van der Waals surface area contributed by atoms with Gasteiger partial charge in [-0.3, -0.25) is 4.90 Å². The number of imidazole rings is 1. The molecular formula is C23H27F2N3O2. The number of alkyl halides is 2. The Morgan fingerprint density at radius 1 is 1.10 bits per heavy atom.